The molecule has 140 valence electrons. The molecule has 1 fully saturated rings. The molecule has 1 saturated heterocycles. The van der Waals surface area contributed by atoms with Crippen molar-refractivity contribution in [3.05, 3.63) is 40.8 Å². The molecule has 1 aliphatic heterocycles. The van der Waals surface area contributed by atoms with Gasteiger partial charge in [-0.2, -0.15) is 0 Å². The van der Waals surface area contributed by atoms with Gasteiger partial charge >= 0.3 is 11.7 Å². The smallest absolute Gasteiger partial charge is 0.404 e. The fraction of sp³-hybridized carbons (Fsp3) is 0.444. The summed E-state index contributed by atoms with van der Waals surface area (Å²) in [5, 5.41) is 11.3. The number of aliphatic hydroxyl groups is 1. The molecule has 0 spiro atoms. The van der Waals surface area contributed by atoms with E-state index in [2.05, 4.69) is 0 Å². The Morgan fingerprint density at radius 3 is 2.69 bits per heavy atom. The van der Waals surface area contributed by atoms with E-state index in [0.717, 1.165) is 0 Å². The number of primary amides is 1. The van der Waals surface area contributed by atoms with Gasteiger partial charge in [-0.25, -0.2) is 9.59 Å². The maximum Gasteiger partial charge on any atom is 0.404 e. The van der Waals surface area contributed by atoms with Gasteiger partial charge in [-0.3, -0.25) is 0 Å². The molecular formula is C18H21NO7. The monoisotopic (exact) mass is 363 g/mol. The predicted octanol–water partition coefficient (Wildman–Crippen LogP) is 1.77. The van der Waals surface area contributed by atoms with E-state index >= 15 is 0 Å². The summed E-state index contributed by atoms with van der Waals surface area (Å²) in [5.74, 6) is -0.109. The first-order chi connectivity index (χ1) is 12.2. The van der Waals surface area contributed by atoms with Crippen LogP contribution < -0.4 is 16.1 Å². The van der Waals surface area contributed by atoms with E-state index in [-0.39, 0.29) is 17.3 Å². The van der Waals surface area contributed by atoms with E-state index < -0.39 is 35.8 Å². The van der Waals surface area contributed by atoms with Crippen LogP contribution in [-0.4, -0.2) is 35.3 Å². The zero-order chi connectivity index (χ0) is 19.1. The summed E-state index contributed by atoms with van der Waals surface area (Å²) < 4.78 is 22.0. The van der Waals surface area contributed by atoms with E-state index in [4.69, 9.17) is 24.4 Å². The summed E-state index contributed by atoms with van der Waals surface area (Å²) in [5.41, 5.74) is 4.06. The van der Waals surface area contributed by atoms with Crippen LogP contribution in [0, 0.1) is 5.92 Å². The van der Waals surface area contributed by atoms with Crippen molar-refractivity contribution in [2.24, 2.45) is 11.7 Å². The maximum atomic E-state index is 11.5. The minimum atomic E-state index is -1.28. The molecule has 0 bridgehead atoms. The lowest BCUT2D eigenvalue weighted by molar-refractivity contribution is -0.283. The number of benzene rings is 1. The van der Waals surface area contributed by atoms with Crippen molar-refractivity contribution < 1.29 is 28.5 Å². The third kappa shape index (κ3) is 3.38. The Balaban J connectivity index is 1.95. The number of hydrogen-bond donors (Lipinski definition) is 2. The minimum absolute atomic E-state index is 0.229. The second-order valence-electron chi connectivity index (χ2n) is 6.82. The summed E-state index contributed by atoms with van der Waals surface area (Å²) in [4.78, 5) is 22.7. The Labute approximate surface area is 149 Å². The van der Waals surface area contributed by atoms with Crippen molar-refractivity contribution in [3.63, 3.8) is 0 Å². The summed E-state index contributed by atoms with van der Waals surface area (Å²) in [7, 11) is 0. The third-order valence-corrected chi connectivity index (χ3v) is 4.73. The third-order valence-electron chi connectivity index (χ3n) is 4.73. The molecular weight excluding hydrogens is 342 g/mol. The summed E-state index contributed by atoms with van der Waals surface area (Å²) in [6.07, 6.45) is -4.34. The number of hydrogen-bond acceptors (Lipinski definition) is 7. The number of para-hydroxylation sites is 1. The number of rotatable bonds is 3. The van der Waals surface area contributed by atoms with Gasteiger partial charge in [0.15, 0.2) is 17.4 Å². The quantitative estimate of drug-likeness (QED) is 0.797. The van der Waals surface area contributed by atoms with E-state index in [1.54, 1.807) is 45.0 Å². The Morgan fingerprint density at radius 2 is 2.00 bits per heavy atom. The molecule has 1 aliphatic rings. The molecule has 8 heteroatoms. The van der Waals surface area contributed by atoms with Crippen LogP contribution in [0.25, 0.3) is 11.0 Å². The number of aliphatic hydroxyl groups excluding tert-OH is 1. The van der Waals surface area contributed by atoms with Crippen LogP contribution in [0.3, 0.4) is 0 Å². The number of carbonyl (C=O) groups excluding carboxylic acids is 1. The minimum Gasteiger partial charge on any atom is -0.458 e. The van der Waals surface area contributed by atoms with Crippen LogP contribution in [-0.2, 0) is 9.47 Å². The SMILES string of the molecule is CC1C(OC(N)=O)C(O)C(Oc2cccc3ccc(=O)oc23)OC1(C)C. The zero-order valence-corrected chi connectivity index (χ0v) is 14.7. The highest BCUT2D eigenvalue weighted by molar-refractivity contribution is 5.82. The first kappa shape index (κ1) is 18.2. The van der Waals surface area contributed by atoms with Gasteiger partial charge in [0.25, 0.3) is 0 Å². The average molecular weight is 363 g/mol. The van der Waals surface area contributed by atoms with E-state index in [1.807, 2.05) is 0 Å². The van der Waals surface area contributed by atoms with Gasteiger partial charge in [0.2, 0.25) is 6.29 Å². The Kier molecular flexibility index (Phi) is 4.64. The standard InChI is InChI=1S/C18H21NO7/c1-9-14(25-17(19)22)13(21)16(26-18(9,2)3)23-11-6-4-5-10-7-8-12(20)24-15(10)11/h4-9,13-14,16,21H,1-3H3,(H2,19,22). The van der Waals surface area contributed by atoms with Crippen molar-refractivity contribution in [1.82, 2.24) is 0 Å². The molecule has 8 nitrogen and oxygen atoms in total. The van der Waals surface area contributed by atoms with Crippen LogP contribution in [0.4, 0.5) is 4.79 Å². The van der Waals surface area contributed by atoms with Gasteiger partial charge in [-0.1, -0.05) is 19.1 Å². The van der Waals surface area contributed by atoms with Crippen LogP contribution >= 0.6 is 0 Å². The first-order valence-electron chi connectivity index (χ1n) is 8.20. The number of fused-ring (bicyclic) bond motifs is 1. The molecule has 2 aromatic rings. The lowest BCUT2D eigenvalue weighted by atomic mass is 9.82. The van der Waals surface area contributed by atoms with Gasteiger partial charge < -0.3 is 29.5 Å². The fourth-order valence-corrected chi connectivity index (χ4v) is 3.01. The Hall–Kier alpha value is -2.58. The van der Waals surface area contributed by atoms with Crippen LogP contribution in [0.1, 0.15) is 20.8 Å². The topological polar surface area (TPSA) is 121 Å². The zero-order valence-electron chi connectivity index (χ0n) is 14.7. The molecule has 0 saturated carbocycles. The predicted molar refractivity (Wildman–Crippen MR) is 91.7 cm³/mol. The lowest BCUT2D eigenvalue weighted by Gasteiger charge is -2.47. The van der Waals surface area contributed by atoms with Gasteiger partial charge in [0.1, 0.15) is 6.10 Å². The fourth-order valence-electron chi connectivity index (χ4n) is 3.01. The molecule has 2 heterocycles. The second kappa shape index (κ2) is 6.62. The van der Waals surface area contributed by atoms with E-state index in [0.29, 0.717) is 5.39 Å². The van der Waals surface area contributed by atoms with Crippen molar-refractivity contribution in [3.8, 4) is 5.75 Å². The van der Waals surface area contributed by atoms with Gasteiger partial charge in [-0.05, 0) is 26.0 Å². The lowest BCUT2D eigenvalue weighted by Crippen LogP contribution is -2.61. The van der Waals surface area contributed by atoms with Crippen molar-refractivity contribution >= 4 is 17.1 Å². The molecule has 4 atom stereocenters. The van der Waals surface area contributed by atoms with Gasteiger partial charge in [-0.15, -0.1) is 0 Å². The summed E-state index contributed by atoms with van der Waals surface area (Å²) in [6, 6.07) is 7.99. The highest BCUT2D eigenvalue weighted by Gasteiger charge is 2.50. The second-order valence-corrected chi connectivity index (χ2v) is 6.82. The normalized spacial score (nSPS) is 27.8. The number of ether oxygens (including phenoxy) is 3. The molecule has 3 N–H and O–H groups in total. The number of nitrogens with two attached hydrogens (primary N) is 1. The summed E-state index contributed by atoms with van der Waals surface area (Å²) in [6.45, 7) is 5.37. The van der Waals surface area contributed by atoms with E-state index in [1.165, 1.54) is 6.07 Å². The molecule has 3 rings (SSSR count). The first-order valence-corrected chi connectivity index (χ1v) is 8.20. The Morgan fingerprint density at radius 1 is 1.27 bits per heavy atom. The molecule has 26 heavy (non-hydrogen) atoms. The Bertz CT molecular complexity index is 875. The molecule has 0 aliphatic carbocycles. The van der Waals surface area contributed by atoms with Crippen molar-refractivity contribution in [2.45, 2.75) is 44.9 Å². The van der Waals surface area contributed by atoms with Gasteiger partial charge in [0.05, 0.1) is 5.60 Å². The summed E-state index contributed by atoms with van der Waals surface area (Å²) >= 11 is 0. The van der Waals surface area contributed by atoms with Crippen molar-refractivity contribution in [2.75, 3.05) is 0 Å². The molecule has 1 amide bonds. The largest absolute Gasteiger partial charge is 0.458 e. The highest BCUT2D eigenvalue weighted by Crippen LogP contribution is 2.37. The van der Waals surface area contributed by atoms with Crippen LogP contribution in [0.2, 0.25) is 0 Å². The number of carbonyl (C=O) groups is 1. The van der Waals surface area contributed by atoms with E-state index in [9.17, 15) is 14.7 Å². The average Bonchev–Trinajstić information content (AvgIpc) is 2.57. The molecule has 0 radical (unpaired) electrons. The van der Waals surface area contributed by atoms with Crippen LogP contribution in [0.15, 0.2) is 39.5 Å². The van der Waals surface area contributed by atoms with Gasteiger partial charge in [0, 0.05) is 17.4 Å². The molecule has 1 aromatic heterocycles. The molecule has 4 unspecified atom stereocenters. The number of amides is 1. The highest BCUT2D eigenvalue weighted by atomic mass is 16.7. The maximum absolute atomic E-state index is 11.5. The van der Waals surface area contributed by atoms with Crippen molar-refractivity contribution in [1.29, 1.82) is 0 Å². The van der Waals surface area contributed by atoms with Crippen LogP contribution in [0.5, 0.6) is 5.75 Å². The molecule has 1 aromatic carbocycles.